The van der Waals surface area contributed by atoms with Crippen LogP contribution < -0.4 is 15.5 Å². The van der Waals surface area contributed by atoms with Crippen molar-refractivity contribution < 1.29 is 4.79 Å². The Morgan fingerprint density at radius 2 is 1.97 bits per heavy atom. The van der Waals surface area contributed by atoms with Gasteiger partial charge in [0.25, 0.3) is 0 Å². The van der Waals surface area contributed by atoms with Gasteiger partial charge in [-0.1, -0.05) is 0 Å². The number of nitrogens with zero attached hydrogens (tertiary/aromatic N) is 5. The highest BCUT2D eigenvalue weighted by atomic mass is 127. The molecule has 1 aromatic heterocycles. The first-order valence-electron chi connectivity index (χ1n) is 9.98. The van der Waals surface area contributed by atoms with Gasteiger partial charge in [-0.2, -0.15) is 11.8 Å². The summed E-state index contributed by atoms with van der Waals surface area (Å²) in [5.74, 6) is 2.92. The fraction of sp³-hybridized carbons (Fsp3) is 0.684. The number of hydrogen-bond donors (Lipinski definition) is 2. The van der Waals surface area contributed by atoms with Gasteiger partial charge in [0, 0.05) is 69.9 Å². The van der Waals surface area contributed by atoms with Crippen molar-refractivity contribution in [2.75, 3.05) is 57.0 Å². The molecule has 0 saturated carbocycles. The normalized spacial score (nSPS) is 22.2. The van der Waals surface area contributed by atoms with Crippen LogP contribution in [0.5, 0.6) is 0 Å². The van der Waals surface area contributed by atoms with Crippen molar-refractivity contribution in [3.8, 4) is 0 Å². The Balaban J connectivity index is 0.00000300. The van der Waals surface area contributed by atoms with Crippen LogP contribution in [0.2, 0.25) is 0 Å². The number of rotatable bonds is 6. The van der Waals surface area contributed by atoms with Crippen LogP contribution in [0.3, 0.4) is 0 Å². The number of aromatic nitrogens is 2. The van der Waals surface area contributed by atoms with E-state index in [2.05, 4.69) is 37.4 Å². The Bertz CT molecular complexity index is 662. The quantitative estimate of drug-likeness (QED) is 0.327. The summed E-state index contributed by atoms with van der Waals surface area (Å²) >= 11 is 2.02. The number of hydrogen-bond acceptors (Lipinski definition) is 6. The molecule has 0 aliphatic carbocycles. The van der Waals surface area contributed by atoms with Crippen molar-refractivity contribution in [1.82, 2.24) is 25.5 Å². The number of amides is 1. The van der Waals surface area contributed by atoms with Crippen molar-refractivity contribution in [3.63, 3.8) is 0 Å². The Labute approximate surface area is 194 Å². The second-order valence-electron chi connectivity index (χ2n) is 7.42. The monoisotopic (exact) mass is 533 g/mol. The van der Waals surface area contributed by atoms with E-state index in [1.807, 2.05) is 22.7 Å². The summed E-state index contributed by atoms with van der Waals surface area (Å²) < 4.78 is 0.287. The molecule has 1 unspecified atom stereocenters. The van der Waals surface area contributed by atoms with E-state index in [1.54, 1.807) is 19.4 Å². The van der Waals surface area contributed by atoms with E-state index >= 15 is 0 Å². The third kappa shape index (κ3) is 7.16. The highest BCUT2D eigenvalue weighted by Crippen LogP contribution is 2.36. The van der Waals surface area contributed by atoms with Gasteiger partial charge in [-0.05, 0) is 31.6 Å². The van der Waals surface area contributed by atoms with Gasteiger partial charge < -0.3 is 20.4 Å². The van der Waals surface area contributed by atoms with Gasteiger partial charge in [0.1, 0.15) is 0 Å². The van der Waals surface area contributed by atoms with Crippen LogP contribution in [-0.4, -0.2) is 83.6 Å². The molecule has 0 aromatic carbocycles. The van der Waals surface area contributed by atoms with Gasteiger partial charge in [-0.15, -0.1) is 24.0 Å². The van der Waals surface area contributed by atoms with E-state index in [-0.39, 0.29) is 34.6 Å². The van der Waals surface area contributed by atoms with Gasteiger partial charge in [0.15, 0.2) is 5.96 Å². The summed E-state index contributed by atoms with van der Waals surface area (Å²) in [4.78, 5) is 29.4. The minimum Gasteiger partial charge on any atom is -0.356 e. The second-order valence-corrected chi connectivity index (χ2v) is 9.10. The molecular formula is C19H32IN7OS. The first kappa shape index (κ1) is 24.0. The van der Waals surface area contributed by atoms with Crippen LogP contribution in [0.25, 0.3) is 0 Å². The molecule has 3 rings (SSSR count). The number of aliphatic imine (C=N–C) groups is 1. The number of thioether (sulfide) groups is 1. The second kappa shape index (κ2) is 11.8. The summed E-state index contributed by atoms with van der Waals surface area (Å²) in [5.41, 5.74) is 0. The standard InChI is InChI=1S/C19H31N7OS.HI/c1-19(6-3-14-28-19)15-24-17(20-2)21-9-5-16(27)25-10-12-26(13-11-25)18-22-7-4-8-23-18;/h4,7-8H,3,5-6,9-15H2,1-2H3,(H2,20,21,24);1H. The third-order valence-corrected chi connectivity index (χ3v) is 6.79. The fourth-order valence-electron chi connectivity index (χ4n) is 3.52. The van der Waals surface area contributed by atoms with Gasteiger partial charge in [0.05, 0.1) is 0 Å². The minimum atomic E-state index is 0. The average Bonchev–Trinajstić information content (AvgIpc) is 3.18. The maximum atomic E-state index is 12.5. The lowest BCUT2D eigenvalue weighted by Gasteiger charge is -2.34. The SMILES string of the molecule is CN=C(NCCC(=O)N1CCN(c2ncccn2)CC1)NCC1(C)CCCS1.I. The predicted octanol–water partition coefficient (Wildman–Crippen LogP) is 1.58. The number of guanidine groups is 1. The number of piperazine rings is 1. The lowest BCUT2D eigenvalue weighted by atomic mass is 10.1. The molecule has 0 spiro atoms. The smallest absolute Gasteiger partial charge is 0.225 e. The molecule has 2 aliphatic heterocycles. The van der Waals surface area contributed by atoms with E-state index in [4.69, 9.17) is 0 Å². The van der Waals surface area contributed by atoms with Crippen LogP contribution in [0.15, 0.2) is 23.5 Å². The fourth-order valence-corrected chi connectivity index (χ4v) is 4.77. The Kier molecular flexibility index (Phi) is 9.73. The maximum absolute atomic E-state index is 12.5. The molecule has 1 atom stereocenters. The van der Waals surface area contributed by atoms with E-state index in [0.717, 1.165) is 31.5 Å². The molecule has 29 heavy (non-hydrogen) atoms. The molecule has 1 amide bonds. The zero-order chi connectivity index (χ0) is 19.8. The third-order valence-electron chi connectivity index (χ3n) is 5.25. The van der Waals surface area contributed by atoms with Gasteiger partial charge in [0.2, 0.25) is 11.9 Å². The molecular weight excluding hydrogens is 501 g/mol. The Hall–Kier alpha value is -1.30. The van der Waals surface area contributed by atoms with Crippen LogP contribution in [0, 0.1) is 0 Å². The highest BCUT2D eigenvalue weighted by Gasteiger charge is 2.29. The summed E-state index contributed by atoms with van der Waals surface area (Å²) in [7, 11) is 1.77. The zero-order valence-electron chi connectivity index (χ0n) is 17.3. The molecule has 0 bridgehead atoms. The van der Waals surface area contributed by atoms with Crippen molar-refractivity contribution in [2.45, 2.75) is 30.9 Å². The first-order chi connectivity index (χ1) is 13.6. The Morgan fingerprint density at radius 3 is 2.59 bits per heavy atom. The summed E-state index contributed by atoms with van der Waals surface area (Å²) in [5, 5.41) is 6.67. The van der Waals surface area contributed by atoms with Crippen LogP contribution >= 0.6 is 35.7 Å². The predicted molar refractivity (Wildman–Crippen MR) is 130 cm³/mol. The maximum Gasteiger partial charge on any atom is 0.225 e. The van der Waals surface area contributed by atoms with E-state index in [0.29, 0.717) is 26.1 Å². The molecule has 10 heteroatoms. The summed E-state index contributed by atoms with van der Waals surface area (Å²) in [6, 6.07) is 1.81. The van der Waals surface area contributed by atoms with Crippen molar-refractivity contribution in [1.29, 1.82) is 0 Å². The van der Waals surface area contributed by atoms with Gasteiger partial charge in [-0.25, -0.2) is 9.97 Å². The topological polar surface area (TPSA) is 85.8 Å². The average molecular weight is 533 g/mol. The van der Waals surface area contributed by atoms with E-state index in [1.165, 1.54) is 18.6 Å². The lowest BCUT2D eigenvalue weighted by molar-refractivity contribution is -0.131. The van der Waals surface area contributed by atoms with Crippen molar-refractivity contribution in [3.05, 3.63) is 18.5 Å². The molecule has 1 aromatic rings. The molecule has 8 nitrogen and oxygen atoms in total. The van der Waals surface area contributed by atoms with Crippen molar-refractivity contribution in [2.24, 2.45) is 4.99 Å². The molecule has 3 heterocycles. The largest absolute Gasteiger partial charge is 0.356 e. The minimum absolute atomic E-state index is 0. The number of carbonyl (C=O) groups is 1. The zero-order valence-corrected chi connectivity index (χ0v) is 20.4. The first-order valence-corrected chi connectivity index (χ1v) is 11.0. The van der Waals surface area contributed by atoms with Crippen LogP contribution in [0.1, 0.15) is 26.2 Å². The van der Waals surface area contributed by atoms with E-state index in [9.17, 15) is 4.79 Å². The number of nitrogens with one attached hydrogen (secondary N) is 2. The molecule has 2 N–H and O–H groups in total. The lowest BCUT2D eigenvalue weighted by Crippen LogP contribution is -2.50. The van der Waals surface area contributed by atoms with Crippen LogP contribution in [0.4, 0.5) is 5.95 Å². The summed E-state index contributed by atoms with van der Waals surface area (Å²) in [6.45, 7) is 6.73. The van der Waals surface area contributed by atoms with Gasteiger partial charge >= 0.3 is 0 Å². The Morgan fingerprint density at radius 1 is 1.24 bits per heavy atom. The molecule has 0 radical (unpaired) electrons. The number of halogens is 1. The number of anilines is 1. The van der Waals surface area contributed by atoms with E-state index < -0.39 is 0 Å². The number of carbonyl (C=O) groups excluding carboxylic acids is 1. The molecule has 162 valence electrons. The van der Waals surface area contributed by atoms with Crippen molar-refractivity contribution >= 4 is 53.6 Å². The highest BCUT2D eigenvalue weighted by molar-refractivity contribution is 14.0. The van der Waals surface area contributed by atoms with Gasteiger partial charge in [-0.3, -0.25) is 9.79 Å². The molecule has 2 aliphatic rings. The van der Waals surface area contributed by atoms with Crippen LogP contribution in [-0.2, 0) is 4.79 Å². The summed E-state index contributed by atoms with van der Waals surface area (Å²) in [6.07, 6.45) is 6.48. The molecule has 2 saturated heterocycles. The molecule has 2 fully saturated rings.